The maximum Gasteiger partial charge on any atom is 0.321 e. The molecule has 3 aromatic rings. The molecule has 30 heavy (non-hydrogen) atoms. The van der Waals surface area contributed by atoms with E-state index in [-0.39, 0.29) is 11.8 Å². The van der Waals surface area contributed by atoms with Gasteiger partial charge in [-0.15, -0.1) is 10.2 Å². The molecule has 3 rings (SSSR count). The van der Waals surface area contributed by atoms with Gasteiger partial charge in [0.2, 0.25) is 5.91 Å². The van der Waals surface area contributed by atoms with Crippen molar-refractivity contribution in [3.8, 4) is 11.4 Å². The van der Waals surface area contributed by atoms with Crippen LogP contribution in [0.4, 0.5) is 9.18 Å². The number of hydrogen-bond donors (Lipinski definition) is 2. The summed E-state index contributed by atoms with van der Waals surface area (Å²) in [5, 5.41) is 13.6. The number of amides is 3. The Morgan fingerprint density at radius 3 is 2.47 bits per heavy atom. The first-order chi connectivity index (χ1) is 14.4. The van der Waals surface area contributed by atoms with Crippen LogP contribution in [-0.2, 0) is 11.3 Å². The van der Waals surface area contributed by atoms with Crippen molar-refractivity contribution in [1.29, 1.82) is 0 Å². The van der Waals surface area contributed by atoms with Gasteiger partial charge < -0.3 is 5.32 Å². The molecule has 0 spiro atoms. The third-order valence-electron chi connectivity index (χ3n) is 4.02. The molecule has 0 unspecified atom stereocenters. The van der Waals surface area contributed by atoms with E-state index in [0.29, 0.717) is 23.1 Å². The van der Waals surface area contributed by atoms with Crippen LogP contribution >= 0.6 is 11.8 Å². The number of benzene rings is 2. The largest absolute Gasteiger partial charge is 0.336 e. The second-order valence-corrected chi connectivity index (χ2v) is 7.77. The van der Waals surface area contributed by atoms with Crippen LogP contribution in [0.5, 0.6) is 0 Å². The summed E-state index contributed by atoms with van der Waals surface area (Å²) in [5.41, 5.74) is 1.31. The highest BCUT2D eigenvalue weighted by atomic mass is 32.2. The Morgan fingerprint density at radius 2 is 1.77 bits per heavy atom. The van der Waals surface area contributed by atoms with Crippen LogP contribution in [0.15, 0.2) is 59.8 Å². The summed E-state index contributed by atoms with van der Waals surface area (Å²) in [6.07, 6.45) is 0. The topological polar surface area (TPSA) is 88.9 Å². The maximum absolute atomic E-state index is 14.4. The standard InChI is InChI=1S/C21H22FN5O2S/c1-14(2)23-20(29)24-18(28)13-30-21-26-25-19(16-10-6-7-11-17(16)22)27(21)12-15-8-4-3-5-9-15/h3-11,14H,12-13H2,1-2H3,(H2,23,24,28,29). The highest BCUT2D eigenvalue weighted by Gasteiger charge is 2.19. The number of rotatable bonds is 7. The summed E-state index contributed by atoms with van der Waals surface area (Å²) < 4.78 is 16.1. The molecular formula is C21H22FN5O2S. The number of urea groups is 1. The van der Waals surface area contributed by atoms with Gasteiger partial charge in [-0.3, -0.25) is 14.7 Å². The van der Waals surface area contributed by atoms with Crippen LogP contribution in [0.1, 0.15) is 19.4 Å². The zero-order valence-electron chi connectivity index (χ0n) is 16.6. The summed E-state index contributed by atoms with van der Waals surface area (Å²) in [6.45, 7) is 4.01. The highest BCUT2D eigenvalue weighted by Crippen LogP contribution is 2.26. The quantitative estimate of drug-likeness (QED) is 0.564. The molecule has 0 aliphatic heterocycles. The number of hydrogen-bond acceptors (Lipinski definition) is 5. The fourth-order valence-corrected chi connectivity index (χ4v) is 3.47. The lowest BCUT2D eigenvalue weighted by atomic mass is 10.2. The minimum absolute atomic E-state index is 0.0320. The molecule has 1 aromatic heterocycles. The summed E-state index contributed by atoms with van der Waals surface area (Å²) in [7, 11) is 0. The SMILES string of the molecule is CC(C)NC(=O)NC(=O)CSc1nnc(-c2ccccc2F)n1Cc1ccccc1. The van der Waals surface area contributed by atoms with Gasteiger partial charge in [0.15, 0.2) is 11.0 Å². The zero-order chi connectivity index (χ0) is 21.5. The van der Waals surface area contributed by atoms with Crippen LogP contribution in [0.25, 0.3) is 11.4 Å². The second kappa shape index (κ2) is 10.0. The van der Waals surface area contributed by atoms with Gasteiger partial charge in [-0.2, -0.15) is 0 Å². The molecule has 0 aliphatic rings. The second-order valence-electron chi connectivity index (χ2n) is 6.82. The number of carbonyl (C=O) groups excluding carboxylic acids is 2. The fourth-order valence-electron chi connectivity index (χ4n) is 2.74. The van der Waals surface area contributed by atoms with Gasteiger partial charge in [-0.1, -0.05) is 54.2 Å². The molecule has 1 heterocycles. The summed E-state index contributed by atoms with van der Waals surface area (Å²) in [4.78, 5) is 23.8. The van der Waals surface area contributed by atoms with Crippen LogP contribution in [0.2, 0.25) is 0 Å². The van der Waals surface area contributed by atoms with Gasteiger partial charge >= 0.3 is 6.03 Å². The van der Waals surface area contributed by atoms with Gasteiger partial charge in [0, 0.05) is 6.04 Å². The van der Waals surface area contributed by atoms with E-state index in [0.717, 1.165) is 17.3 Å². The molecule has 156 valence electrons. The Morgan fingerprint density at radius 1 is 1.07 bits per heavy atom. The molecule has 0 atom stereocenters. The average Bonchev–Trinajstić information content (AvgIpc) is 3.09. The van der Waals surface area contributed by atoms with Crippen molar-refractivity contribution >= 4 is 23.7 Å². The van der Waals surface area contributed by atoms with E-state index in [1.807, 2.05) is 30.3 Å². The normalized spacial score (nSPS) is 10.8. The number of halogens is 1. The predicted molar refractivity (Wildman–Crippen MR) is 113 cm³/mol. The van der Waals surface area contributed by atoms with E-state index in [2.05, 4.69) is 20.8 Å². The first-order valence-corrected chi connectivity index (χ1v) is 10.4. The number of carbonyl (C=O) groups is 2. The Bertz CT molecular complexity index is 1020. The van der Waals surface area contributed by atoms with Crippen molar-refractivity contribution in [2.75, 3.05) is 5.75 Å². The van der Waals surface area contributed by atoms with Crippen LogP contribution in [-0.4, -0.2) is 38.5 Å². The van der Waals surface area contributed by atoms with Crippen molar-refractivity contribution in [3.05, 3.63) is 66.0 Å². The first-order valence-electron chi connectivity index (χ1n) is 9.39. The maximum atomic E-state index is 14.4. The van der Waals surface area contributed by atoms with E-state index in [1.54, 1.807) is 36.6 Å². The molecule has 9 heteroatoms. The zero-order valence-corrected chi connectivity index (χ0v) is 17.4. The summed E-state index contributed by atoms with van der Waals surface area (Å²) >= 11 is 1.13. The van der Waals surface area contributed by atoms with Crippen molar-refractivity contribution in [2.24, 2.45) is 0 Å². The molecule has 2 N–H and O–H groups in total. The lowest BCUT2D eigenvalue weighted by Crippen LogP contribution is -2.43. The van der Waals surface area contributed by atoms with Gasteiger partial charge in [0.25, 0.3) is 0 Å². The van der Waals surface area contributed by atoms with Gasteiger partial charge in [-0.25, -0.2) is 9.18 Å². The minimum atomic E-state index is -0.548. The average molecular weight is 428 g/mol. The molecule has 0 radical (unpaired) electrons. The Kier molecular flexibility index (Phi) is 7.18. The summed E-state index contributed by atoms with van der Waals surface area (Å²) in [6, 6.07) is 15.3. The van der Waals surface area contributed by atoms with Gasteiger partial charge in [0.1, 0.15) is 5.82 Å². The third-order valence-corrected chi connectivity index (χ3v) is 4.99. The molecule has 0 saturated carbocycles. The van der Waals surface area contributed by atoms with E-state index >= 15 is 0 Å². The molecule has 2 aromatic carbocycles. The molecule has 0 fully saturated rings. The smallest absolute Gasteiger partial charge is 0.321 e. The van der Waals surface area contributed by atoms with Crippen molar-refractivity contribution in [3.63, 3.8) is 0 Å². The van der Waals surface area contributed by atoms with Crippen LogP contribution < -0.4 is 10.6 Å². The molecule has 3 amide bonds. The predicted octanol–water partition coefficient (Wildman–Crippen LogP) is 3.46. The van der Waals surface area contributed by atoms with E-state index in [4.69, 9.17) is 0 Å². The Labute approximate surface area is 178 Å². The number of nitrogens with one attached hydrogen (secondary N) is 2. The number of thioether (sulfide) groups is 1. The summed E-state index contributed by atoms with van der Waals surface area (Å²) in [5.74, 6) is -0.522. The molecule has 0 saturated heterocycles. The number of nitrogens with zero attached hydrogens (tertiary/aromatic N) is 3. The fraction of sp³-hybridized carbons (Fsp3) is 0.238. The van der Waals surface area contributed by atoms with E-state index in [1.165, 1.54) is 6.07 Å². The number of aromatic nitrogens is 3. The van der Waals surface area contributed by atoms with Crippen molar-refractivity contribution < 1.29 is 14.0 Å². The third kappa shape index (κ3) is 5.66. The molecule has 0 bridgehead atoms. The van der Waals surface area contributed by atoms with Crippen LogP contribution in [0.3, 0.4) is 0 Å². The van der Waals surface area contributed by atoms with E-state index < -0.39 is 17.8 Å². The van der Waals surface area contributed by atoms with Crippen LogP contribution in [0, 0.1) is 5.82 Å². The lowest BCUT2D eigenvalue weighted by molar-refractivity contribution is -0.117. The molecule has 0 aliphatic carbocycles. The lowest BCUT2D eigenvalue weighted by Gasteiger charge is -2.11. The van der Waals surface area contributed by atoms with Gasteiger partial charge in [-0.05, 0) is 31.5 Å². The Balaban J connectivity index is 1.81. The van der Waals surface area contributed by atoms with E-state index in [9.17, 15) is 14.0 Å². The Hall–Kier alpha value is -3.20. The molecule has 7 nitrogen and oxygen atoms in total. The van der Waals surface area contributed by atoms with Crippen molar-refractivity contribution in [1.82, 2.24) is 25.4 Å². The van der Waals surface area contributed by atoms with Crippen molar-refractivity contribution in [2.45, 2.75) is 31.6 Å². The van der Waals surface area contributed by atoms with Gasteiger partial charge in [0.05, 0.1) is 17.9 Å². The first kappa shape index (κ1) is 21.5. The monoisotopic (exact) mass is 427 g/mol. The minimum Gasteiger partial charge on any atom is -0.336 e. The molecular weight excluding hydrogens is 405 g/mol. The number of imide groups is 1. The highest BCUT2D eigenvalue weighted by molar-refractivity contribution is 7.99.